The number of hydrogen-bond acceptors (Lipinski definition) is 3. The van der Waals surface area contributed by atoms with E-state index in [2.05, 4.69) is 31.2 Å². The molecule has 1 aromatic carbocycles. The Labute approximate surface area is 129 Å². The van der Waals surface area contributed by atoms with Gasteiger partial charge in [-0.15, -0.1) is 0 Å². The van der Waals surface area contributed by atoms with E-state index in [-0.39, 0.29) is 11.7 Å². The highest BCUT2D eigenvalue weighted by atomic mass is 79.9. The number of H-pyrrole nitrogens is 1. The quantitative estimate of drug-likeness (QED) is 0.711. The smallest absolute Gasteiger partial charge is 0.315 e. The number of nitrogens with one attached hydrogen (secondary N) is 2. The van der Waals surface area contributed by atoms with Crippen LogP contribution in [0.25, 0.3) is 21.9 Å². The zero-order chi connectivity index (χ0) is 14.4. The van der Waals surface area contributed by atoms with Crippen molar-refractivity contribution in [2.75, 3.05) is 13.1 Å². The zero-order valence-electron chi connectivity index (χ0n) is 11.4. The van der Waals surface area contributed by atoms with Gasteiger partial charge in [0.05, 0.1) is 28.8 Å². The molecule has 4 rings (SSSR count). The molecule has 0 amide bonds. The second kappa shape index (κ2) is 4.96. The van der Waals surface area contributed by atoms with Gasteiger partial charge in [-0.25, -0.2) is 4.79 Å². The van der Waals surface area contributed by atoms with Crippen LogP contribution >= 0.6 is 15.9 Å². The molecule has 1 saturated heterocycles. The van der Waals surface area contributed by atoms with Gasteiger partial charge in [0.25, 0.3) is 0 Å². The third kappa shape index (κ3) is 2.10. The summed E-state index contributed by atoms with van der Waals surface area (Å²) < 4.78 is 2.89. The highest BCUT2D eigenvalue weighted by Gasteiger charge is 2.21. The van der Waals surface area contributed by atoms with Crippen molar-refractivity contribution >= 4 is 37.9 Å². The van der Waals surface area contributed by atoms with Crippen LogP contribution in [0.2, 0.25) is 0 Å². The first-order valence-electron chi connectivity index (χ1n) is 7.13. The van der Waals surface area contributed by atoms with Gasteiger partial charge in [-0.2, -0.15) is 0 Å². The molecule has 6 heteroatoms. The molecule has 1 unspecified atom stereocenters. The van der Waals surface area contributed by atoms with Crippen LogP contribution in [0.4, 0.5) is 0 Å². The predicted molar refractivity (Wildman–Crippen MR) is 86.7 cm³/mol. The molecule has 21 heavy (non-hydrogen) atoms. The number of fused-ring (bicyclic) bond motifs is 3. The standard InChI is InChI=1S/C15H15BrN4O/c16-9-3-4-12-11(6-9)14-13(8-18-12)19-15(21)20(14)10-2-1-5-17-7-10/h3-4,6,8,10,17H,1-2,5,7H2,(H,19,21). The fraction of sp³-hybridized carbons (Fsp3) is 0.333. The van der Waals surface area contributed by atoms with Crippen LogP contribution in [0.1, 0.15) is 18.9 Å². The van der Waals surface area contributed by atoms with E-state index in [0.717, 1.165) is 52.3 Å². The maximum atomic E-state index is 12.4. The van der Waals surface area contributed by atoms with Crippen LogP contribution in [-0.2, 0) is 0 Å². The van der Waals surface area contributed by atoms with Gasteiger partial charge in [0, 0.05) is 16.4 Å². The summed E-state index contributed by atoms with van der Waals surface area (Å²) in [5.41, 5.74) is 2.62. The highest BCUT2D eigenvalue weighted by molar-refractivity contribution is 9.10. The van der Waals surface area contributed by atoms with Crippen molar-refractivity contribution in [1.82, 2.24) is 19.9 Å². The molecule has 0 radical (unpaired) electrons. The lowest BCUT2D eigenvalue weighted by atomic mass is 10.1. The number of piperidine rings is 1. The summed E-state index contributed by atoms with van der Waals surface area (Å²) in [6.45, 7) is 1.87. The molecule has 1 aliphatic heterocycles. The van der Waals surface area contributed by atoms with E-state index in [1.165, 1.54) is 0 Å². The first-order chi connectivity index (χ1) is 10.2. The number of pyridine rings is 1. The van der Waals surface area contributed by atoms with E-state index in [9.17, 15) is 4.79 Å². The number of aromatic nitrogens is 3. The lowest BCUT2D eigenvalue weighted by Gasteiger charge is -2.24. The van der Waals surface area contributed by atoms with Gasteiger partial charge in [-0.05, 0) is 37.6 Å². The minimum Gasteiger partial charge on any atom is -0.315 e. The number of halogens is 1. The molecule has 3 aromatic rings. The highest BCUT2D eigenvalue weighted by Crippen LogP contribution is 2.28. The van der Waals surface area contributed by atoms with Crippen molar-refractivity contribution in [3.8, 4) is 0 Å². The minimum atomic E-state index is -0.0482. The average Bonchev–Trinajstić information content (AvgIpc) is 2.84. The molecule has 0 saturated carbocycles. The lowest BCUT2D eigenvalue weighted by Crippen LogP contribution is -2.35. The Bertz CT molecular complexity index is 876. The summed E-state index contributed by atoms with van der Waals surface area (Å²) in [4.78, 5) is 19.8. The topological polar surface area (TPSA) is 62.7 Å². The molecule has 1 fully saturated rings. The Kier molecular flexibility index (Phi) is 3.08. The van der Waals surface area contributed by atoms with Crippen LogP contribution < -0.4 is 11.0 Å². The molecular weight excluding hydrogens is 332 g/mol. The number of imidazole rings is 1. The van der Waals surface area contributed by atoms with Crippen molar-refractivity contribution in [1.29, 1.82) is 0 Å². The Hall–Kier alpha value is -1.66. The Balaban J connectivity index is 2.06. The van der Waals surface area contributed by atoms with Crippen molar-refractivity contribution in [3.05, 3.63) is 39.4 Å². The van der Waals surface area contributed by atoms with Crippen molar-refractivity contribution < 1.29 is 0 Å². The van der Waals surface area contributed by atoms with Gasteiger partial charge in [0.1, 0.15) is 0 Å². The molecule has 0 spiro atoms. The van der Waals surface area contributed by atoms with Crippen LogP contribution in [0.3, 0.4) is 0 Å². The summed E-state index contributed by atoms with van der Waals surface area (Å²) in [7, 11) is 0. The van der Waals surface area contributed by atoms with E-state index in [1.807, 2.05) is 22.8 Å². The van der Waals surface area contributed by atoms with Crippen molar-refractivity contribution in [3.63, 3.8) is 0 Å². The molecule has 1 aliphatic rings. The van der Waals surface area contributed by atoms with Crippen molar-refractivity contribution in [2.45, 2.75) is 18.9 Å². The molecule has 1 atom stereocenters. The zero-order valence-corrected chi connectivity index (χ0v) is 13.0. The number of nitrogens with zero attached hydrogens (tertiary/aromatic N) is 2. The monoisotopic (exact) mass is 346 g/mol. The van der Waals surface area contributed by atoms with E-state index in [1.54, 1.807) is 6.20 Å². The third-order valence-corrected chi connectivity index (χ3v) is 4.63. The Morgan fingerprint density at radius 3 is 3.10 bits per heavy atom. The number of aromatic amines is 1. The molecule has 0 aliphatic carbocycles. The normalized spacial score (nSPS) is 19.4. The van der Waals surface area contributed by atoms with E-state index in [4.69, 9.17) is 0 Å². The summed E-state index contributed by atoms with van der Waals surface area (Å²) >= 11 is 3.51. The molecule has 0 bridgehead atoms. The Morgan fingerprint density at radius 2 is 2.29 bits per heavy atom. The summed E-state index contributed by atoms with van der Waals surface area (Å²) in [6, 6.07) is 6.17. The molecule has 3 heterocycles. The first kappa shape index (κ1) is 13.0. The first-order valence-corrected chi connectivity index (χ1v) is 7.92. The lowest BCUT2D eigenvalue weighted by molar-refractivity contribution is 0.372. The molecule has 2 aromatic heterocycles. The third-order valence-electron chi connectivity index (χ3n) is 4.14. The van der Waals surface area contributed by atoms with Gasteiger partial charge in [0.2, 0.25) is 0 Å². The largest absolute Gasteiger partial charge is 0.326 e. The average molecular weight is 347 g/mol. The van der Waals surface area contributed by atoms with Gasteiger partial charge < -0.3 is 10.3 Å². The SMILES string of the molecule is O=c1[nH]c2cnc3ccc(Br)cc3c2n1C1CCCNC1. The van der Waals surface area contributed by atoms with E-state index < -0.39 is 0 Å². The summed E-state index contributed by atoms with van der Waals surface area (Å²) in [6.07, 6.45) is 3.87. The van der Waals surface area contributed by atoms with Gasteiger partial charge in [0.15, 0.2) is 0 Å². The van der Waals surface area contributed by atoms with Gasteiger partial charge >= 0.3 is 5.69 Å². The van der Waals surface area contributed by atoms with Gasteiger partial charge in [-0.3, -0.25) is 9.55 Å². The molecule has 108 valence electrons. The second-order valence-electron chi connectivity index (χ2n) is 5.48. The number of rotatable bonds is 1. The van der Waals surface area contributed by atoms with Crippen LogP contribution in [-0.4, -0.2) is 27.6 Å². The maximum absolute atomic E-state index is 12.4. The summed E-state index contributed by atoms with van der Waals surface area (Å²) in [5, 5.41) is 4.38. The molecular formula is C15H15BrN4O. The molecule has 5 nitrogen and oxygen atoms in total. The van der Waals surface area contributed by atoms with Crippen LogP contribution in [0.5, 0.6) is 0 Å². The predicted octanol–water partition coefficient (Wildman–Crippen LogP) is 2.56. The second-order valence-corrected chi connectivity index (χ2v) is 6.40. The summed E-state index contributed by atoms with van der Waals surface area (Å²) in [5.74, 6) is 0. The van der Waals surface area contributed by atoms with Gasteiger partial charge in [-0.1, -0.05) is 15.9 Å². The maximum Gasteiger partial charge on any atom is 0.326 e. The minimum absolute atomic E-state index is 0.0482. The number of hydrogen-bond donors (Lipinski definition) is 2. The fourth-order valence-electron chi connectivity index (χ4n) is 3.18. The van der Waals surface area contributed by atoms with E-state index >= 15 is 0 Å². The van der Waals surface area contributed by atoms with Crippen LogP contribution in [0.15, 0.2) is 33.7 Å². The Morgan fingerprint density at radius 1 is 1.38 bits per heavy atom. The van der Waals surface area contributed by atoms with E-state index in [0.29, 0.717) is 0 Å². The number of benzene rings is 1. The van der Waals surface area contributed by atoms with Crippen LogP contribution in [0, 0.1) is 0 Å². The van der Waals surface area contributed by atoms with Crippen molar-refractivity contribution in [2.24, 2.45) is 0 Å². The molecule has 2 N–H and O–H groups in total. The fourth-order valence-corrected chi connectivity index (χ4v) is 3.54.